The highest BCUT2D eigenvalue weighted by Crippen LogP contribution is 2.55. The van der Waals surface area contributed by atoms with Crippen molar-refractivity contribution in [1.82, 2.24) is 0 Å². The van der Waals surface area contributed by atoms with Crippen molar-refractivity contribution in [3.8, 4) is 0 Å². The van der Waals surface area contributed by atoms with Gasteiger partial charge in [-0.25, -0.2) is 0 Å². The molecule has 0 bridgehead atoms. The number of carbonyl (C=O) groups excluding carboxylic acids is 1. The van der Waals surface area contributed by atoms with Gasteiger partial charge in [-0.2, -0.15) is 0 Å². The molecular formula is C14H27O6P. The smallest absolute Gasteiger partial charge is 0.344 e. The lowest BCUT2D eigenvalue weighted by molar-refractivity contribution is -0.143. The van der Waals surface area contributed by atoms with Crippen molar-refractivity contribution in [1.29, 1.82) is 0 Å². The van der Waals surface area contributed by atoms with E-state index in [9.17, 15) is 14.5 Å². The number of rotatable bonds is 12. The first-order chi connectivity index (χ1) is 9.98. The predicted octanol–water partition coefficient (Wildman–Crippen LogP) is 2.76. The second-order valence-corrected chi connectivity index (χ2v) is 6.67. The van der Waals surface area contributed by atoms with Gasteiger partial charge in [0.25, 0.3) is 0 Å². The maximum absolute atomic E-state index is 12.8. The second kappa shape index (κ2) is 11.0. The normalized spacial score (nSPS) is 14.5. The summed E-state index contributed by atoms with van der Waals surface area (Å²) in [6.45, 7) is 9.02. The molecule has 0 aliphatic rings. The Morgan fingerprint density at radius 2 is 1.81 bits per heavy atom. The van der Waals surface area contributed by atoms with E-state index in [1.54, 1.807) is 26.8 Å². The molecule has 0 amide bonds. The minimum Gasteiger partial charge on any atom is -0.465 e. The number of hydrogen-bond donors (Lipinski definition) is 1. The monoisotopic (exact) mass is 322 g/mol. The van der Waals surface area contributed by atoms with Crippen LogP contribution < -0.4 is 0 Å². The molecule has 0 saturated carbocycles. The zero-order valence-corrected chi connectivity index (χ0v) is 14.0. The molecule has 1 N–H and O–H groups in total. The van der Waals surface area contributed by atoms with Crippen LogP contribution in [0.5, 0.6) is 0 Å². The maximum atomic E-state index is 12.8. The van der Waals surface area contributed by atoms with Gasteiger partial charge in [-0.3, -0.25) is 9.36 Å². The summed E-state index contributed by atoms with van der Waals surface area (Å²) in [5.41, 5.74) is -1.03. The highest BCUT2D eigenvalue weighted by atomic mass is 31.2. The van der Waals surface area contributed by atoms with Crippen molar-refractivity contribution >= 4 is 13.6 Å². The van der Waals surface area contributed by atoms with Crippen molar-refractivity contribution < 1.29 is 28.3 Å². The fourth-order valence-corrected chi connectivity index (χ4v) is 4.01. The van der Waals surface area contributed by atoms with E-state index < -0.39 is 19.2 Å². The minimum atomic E-state index is -3.63. The highest BCUT2D eigenvalue weighted by Gasteiger charge is 2.43. The van der Waals surface area contributed by atoms with Crippen molar-refractivity contribution in [3.63, 3.8) is 0 Å². The van der Waals surface area contributed by atoms with E-state index in [-0.39, 0.29) is 38.8 Å². The molecular weight excluding hydrogens is 295 g/mol. The zero-order valence-electron chi connectivity index (χ0n) is 13.1. The van der Waals surface area contributed by atoms with Gasteiger partial charge in [0, 0.05) is 6.61 Å². The van der Waals surface area contributed by atoms with Crippen LogP contribution in [0.15, 0.2) is 12.7 Å². The van der Waals surface area contributed by atoms with Gasteiger partial charge >= 0.3 is 13.6 Å². The van der Waals surface area contributed by atoms with Crippen LogP contribution in [0, 0.1) is 5.92 Å². The molecule has 0 spiro atoms. The molecule has 0 fully saturated rings. The SMILES string of the molecule is C=CC[C@H](CO)CC(C(=O)OCC)P(=O)(OCC)OCC. The van der Waals surface area contributed by atoms with Gasteiger partial charge < -0.3 is 18.9 Å². The molecule has 0 aliphatic carbocycles. The Balaban J connectivity index is 5.30. The summed E-state index contributed by atoms with van der Waals surface area (Å²) in [7, 11) is -3.63. The van der Waals surface area contributed by atoms with Gasteiger partial charge in [0.2, 0.25) is 0 Å². The Labute approximate surface area is 127 Å². The van der Waals surface area contributed by atoms with E-state index in [0.29, 0.717) is 6.42 Å². The molecule has 0 rings (SSSR count). The quantitative estimate of drug-likeness (QED) is 0.338. The molecule has 6 nitrogen and oxygen atoms in total. The van der Waals surface area contributed by atoms with Gasteiger partial charge in [-0.05, 0) is 39.5 Å². The number of esters is 1. The Bertz CT molecular complexity index is 347. The van der Waals surface area contributed by atoms with Crippen LogP contribution in [-0.4, -0.2) is 43.2 Å². The molecule has 124 valence electrons. The summed E-state index contributed by atoms with van der Waals surface area (Å²) in [6, 6.07) is 0. The largest absolute Gasteiger partial charge is 0.465 e. The first-order valence-electron chi connectivity index (χ1n) is 7.26. The molecule has 2 atom stereocenters. The predicted molar refractivity (Wildman–Crippen MR) is 81.3 cm³/mol. The fourth-order valence-electron chi connectivity index (χ4n) is 1.97. The van der Waals surface area contributed by atoms with Crippen LogP contribution in [0.1, 0.15) is 33.6 Å². The lowest BCUT2D eigenvalue weighted by atomic mass is 10.0. The number of hydrogen-bond acceptors (Lipinski definition) is 6. The molecule has 0 aromatic rings. The lowest BCUT2D eigenvalue weighted by Crippen LogP contribution is -2.29. The molecule has 0 aromatic heterocycles. The van der Waals surface area contributed by atoms with Crippen LogP contribution in [0.4, 0.5) is 0 Å². The number of allylic oxidation sites excluding steroid dienone is 1. The summed E-state index contributed by atoms with van der Waals surface area (Å²) in [5.74, 6) is -0.864. The van der Waals surface area contributed by atoms with Crippen molar-refractivity contribution in [2.24, 2.45) is 5.92 Å². The third kappa shape index (κ3) is 6.74. The minimum absolute atomic E-state index is 0.139. The van der Waals surface area contributed by atoms with Crippen LogP contribution in [0.25, 0.3) is 0 Å². The standard InChI is InChI=1S/C14H27O6P/c1-5-9-12(11-15)10-13(14(16)18-6-2)21(17,19-7-3)20-8-4/h5,12-13,15H,1,6-11H2,2-4H3/t12-,13?/m0/s1. The Morgan fingerprint density at radius 1 is 1.24 bits per heavy atom. The first-order valence-corrected chi connectivity index (χ1v) is 8.87. The summed E-state index contributed by atoms with van der Waals surface area (Å²) >= 11 is 0. The fraction of sp³-hybridized carbons (Fsp3) is 0.786. The van der Waals surface area contributed by atoms with Crippen LogP contribution in [0.2, 0.25) is 0 Å². The lowest BCUT2D eigenvalue weighted by Gasteiger charge is -2.27. The van der Waals surface area contributed by atoms with Crippen LogP contribution in [-0.2, 0) is 23.1 Å². The van der Waals surface area contributed by atoms with E-state index in [2.05, 4.69) is 6.58 Å². The Kier molecular flexibility index (Phi) is 10.6. The number of carbonyl (C=O) groups is 1. The first kappa shape index (κ1) is 20.3. The van der Waals surface area contributed by atoms with E-state index in [4.69, 9.17) is 13.8 Å². The van der Waals surface area contributed by atoms with E-state index >= 15 is 0 Å². The Morgan fingerprint density at radius 3 is 2.19 bits per heavy atom. The van der Waals surface area contributed by atoms with Gasteiger partial charge in [-0.1, -0.05) is 6.08 Å². The highest BCUT2D eigenvalue weighted by molar-refractivity contribution is 7.55. The van der Waals surface area contributed by atoms with Gasteiger partial charge in [0.15, 0.2) is 5.66 Å². The summed E-state index contributed by atoms with van der Waals surface area (Å²) in [5, 5.41) is 9.37. The van der Waals surface area contributed by atoms with Crippen molar-refractivity contribution in [2.75, 3.05) is 26.4 Å². The summed E-state index contributed by atoms with van der Waals surface area (Å²) < 4.78 is 28.3. The topological polar surface area (TPSA) is 82.1 Å². The zero-order chi connectivity index (χ0) is 16.3. The summed E-state index contributed by atoms with van der Waals surface area (Å²) in [4.78, 5) is 12.1. The second-order valence-electron chi connectivity index (χ2n) is 4.45. The van der Waals surface area contributed by atoms with E-state index in [1.165, 1.54) is 0 Å². The number of aliphatic hydroxyl groups excluding tert-OH is 1. The average molecular weight is 322 g/mol. The molecule has 0 aromatic carbocycles. The van der Waals surface area contributed by atoms with E-state index in [1.807, 2.05) is 0 Å². The van der Waals surface area contributed by atoms with Crippen molar-refractivity contribution in [3.05, 3.63) is 12.7 Å². The van der Waals surface area contributed by atoms with Crippen LogP contribution in [0.3, 0.4) is 0 Å². The van der Waals surface area contributed by atoms with Gasteiger partial charge in [0.1, 0.15) is 0 Å². The third-order valence-electron chi connectivity index (χ3n) is 2.87. The molecule has 0 aliphatic heterocycles. The third-order valence-corrected chi connectivity index (χ3v) is 5.29. The molecule has 21 heavy (non-hydrogen) atoms. The van der Waals surface area contributed by atoms with Gasteiger partial charge in [-0.15, -0.1) is 6.58 Å². The average Bonchev–Trinajstić information content (AvgIpc) is 2.43. The van der Waals surface area contributed by atoms with Gasteiger partial charge in [0.05, 0.1) is 19.8 Å². The Hall–Kier alpha value is -0.680. The van der Waals surface area contributed by atoms with Crippen LogP contribution >= 0.6 is 7.60 Å². The van der Waals surface area contributed by atoms with Crippen molar-refractivity contribution in [2.45, 2.75) is 39.3 Å². The molecule has 0 saturated heterocycles. The number of ether oxygens (including phenoxy) is 1. The molecule has 7 heteroatoms. The molecule has 1 unspecified atom stereocenters. The number of aliphatic hydroxyl groups is 1. The van der Waals surface area contributed by atoms with E-state index in [0.717, 1.165) is 0 Å². The maximum Gasteiger partial charge on any atom is 0.344 e. The summed E-state index contributed by atoms with van der Waals surface area (Å²) in [6.07, 6.45) is 2.32. The molecule has 0 radical (unpaired) electrons. The molecule has 0 heterocycles.